The second kappa shape index (κ2) is 6.52. The highest BCUT2D eigenvalue weighted by Gasteiger charge is 1.99. The van der Waals surface area contributed by atoms with Crippen LogP contribution >= 0.6 is 15.9 Å². The number of aromatic nitrogens is 1. The van der Waals surface area contributed by atoms with Crippen LogP contribution in [-0.4, -0.2) is 18.7 Å². The summed E-state index contributed by atoms with van der Waals surface area (Å²) in [4.78, 5) is 4.05. The maximum Gasteiger partial charge on any atom is 0.146 e. The van der Waals surface area contributed by atoms with Gasteiger partial charge in [-0.1, -0.05) is 12.1 Å². The Bertz CT molecular complexity index is 499. The maximum atomic E-state index is 5.69. The third-order valence-corrected chi connectivity index (χ3v) is 2.87. The van der Waals surface area contributed by atoms with Crippen LogP contribution in [0.5, 0.6) is 11.5 Å². The van der Waals surface area contributed by atoms with E-state index in [1.54, 1.807) is 19.5 Å². The Hall–Kier alpha value is -1.39. The van der Waals surface area contributed by atoms with Crippen molar-refractivity contribution in [2.24, 2.45) is 0 Å². The lowest BCUT2D eigenvalue weighted by molar-refractivity contribution is 0.202. The van der Waals surface area contributed by atoms with Crippen LogP contribution in [0.25, 0.3) is 0 Å². The van der Waals surface area contributed by atoms with Crippen LogP contribution in [0, 0.1) is 0 Å². The number of pyridine rings is 1. The molecule has 0 spiro atoms. The average molecular weight is 308 g/mol. The summed E-state index contributed by atoms with van der Waals surface area (Å²) in [5, 5.41) is 0. The lowest BCUT2D eigenvalue weighted by Gasteiger charge is -2.06. The summed E-state index contributed by atoms with van der Waals surface area (Å²) in [5.41, 5.74) is 1.23. The Balaban J connectivity index is 2.02. The van der Waals surface area contributed by atoms with Crippen LogP contribution < -0.4 is 4.74 Å². The third-order valence-electron chi connectivity index (χ3n) is 2.43. The molecule has 1 heterocycles. The van der Waals surface area contributed by atoms with Gasteiger partial charge in [0.25, 0.3) is 0 Å². The first-order valence-corrected chi connectivity index (χ1v) is 6.43. The smallest absolute Gasteiger partial charge is 0.146 e. The molecule has 2 rings (SSSR count). The zero-order valence-corrected chi connectivity index (χ0v) is 11.7. The Kier molecular flexibility index (Phi) is 4.73. The maximum absolute atomic E-state index is 5.69. The van der Waals surface area contributed by atoms with E-state index in [0.29, 0.717) is 5.75 Å². The summed E-state index contributed by atoms with van der Waals surface area (Å²) in [6.45, 7) is 0.732. The summed E-state index contributed by atoms with van der Waals surface area (Å²) >= 11 is 3.36. The highest BCUT2D eigenvalue weighted by Crippen LogP contribution is 2.23. The zero-order valence-electron chi connectivity index (χ0n) is 10.1. The Labute approximate surface area is 115 Å². The summed E-state index contributed by atoms with van der Waals surface area (Å²) in [6, 6.07) is 9.86. The van der Waals surface area contributed by atoms with Gasteiger partial charge in [-0.05, 0) is 46.1 Å². The van der Waals surface area contributed by atoms with E-state index in [9.17, 15) is 0 Å². The number of hydrogen-bond acceptors (Lipinski definition) is 3. The molecule has 18 heavy (non-hydrogen) atoms. The first kappa shape index (κ1) is 13.1. The topological polar surface area (TPSA) is 31.4 Å². The van der Waals surface area contributed by atoms with Crippen molar-refractivity contribution in [3.05, 3.63) is 52.8 Å². The SMILES string of the molecule is COCCc1ccc(Oc2cncc(Br)c2)cc1. The van der Waals surface area contributed by atoms with Gasteiger partial charge in [0.15, 0.2) is 0 Å². The lowest BCUT2D eigenvalue weighted by atomic mass is 10.1. The summed E-state index contributed by atoms with van der Waals surface area (Å²) < 4.78 is 11.6. The third kappa shape index (κ3) is 3.82. The number of halogens is 1. The van der Waals surface area contributed by atoms with E-state index < -0.39 is 0 Å². The lowest BCUT2D eigenvalue weighted by Crippen LogP contribution is -1.94. The van der Waals surface area contributed by atoms with Gasteiger partial charge >= 0.3 is 0 Å². The molecule has 1 aromatic carbocycles. The van der Waals surface area contributed by atoms with Gasteiger partial charge < -0.3 is 9.47 Å². The first-order valence-electron chi connectivity index (χ1n) is 5.64. The van der Waals surface area contributed by atoms with Crippen molar-refractivity contribution in [1.29, 1.82) is 0 Å². The highest BCUT2D eigenvalue weighted by atomic mass is 79.9. The zero-order chi connectivity index (χ0) is 12.8. The van der Waals surface area contributed by atoms with Gasteiger partial charge in [-0.3, -0.25) is 4.98 Å². The minimum absolute atomic E-state index is 0.717. The molecule has 0 amide bonds. The number of ether oxygens (including phenoxy) is 2. The van der Waals surface area contributed by atoms with Gasteiger partial charge in [0.05, 0.1) is 12.8 Å². The molecule has 0 aliphatic carbocycles. The molecule has 3 nitrogen and oxygen atoms in total. The van der Waals surface area contributed by atoms with E-state index in [-0.39, 0.29) is 0 Å². The molecule has 0 saturated heterocycles. The van der Waals surface area contributed by atoms with Crippen molar-refractivity contribution in [1.82, 2.24) is 4.98 Å². The predicted octanol–water partition coefficient (Wildman–Crippen LogP) is 3.83. The second-order valence-electron chi connectivity index (χ2n) is 3.83. The fourth-order valence-electron chi connectivity index (χ4n) is 1.53. The molecule has 0 radical (unpaired) electrons. The summed E-state index contributed by atoms with van der Waals surface area (Å²) in [5.74, 6) is 1.52. The minimum atomic E-state index is 0.717. The first-order chi connectivity index (χ1) is 8.78. The number of methoxy groups -OCH3 is 1. The van der Waals surface area contributed by atoms with Gasteiger partial charge in [-0.2, -0.15) is 0 Å². The quantitative estimate of drug-likeness (QED) is 0.841. The number of rotatable bonds is 5. The van der Waals surface area contributed by atoms with Crippen molar-refractivity contribution in [3.8, 4) is 11.5 Å². The molecule has 0 saturated carbocycles. The normalized spacial score (nSPS) is 10.3. The molecule has 2 aromatic rings. The van der Waals surface area contributed by atoms with Crippen molar-refractivity contribution in [2.45, 2.75) is 6.42 Å². The molecular formula is C14H14BrNO2. The fraction of sp³-hybridized carbons (Fsp3) is 0.214. The van der Waals surface area contributed by atoms with E-state index in [1.807, 2.05) is 30.3 Å². The minimum Gasteiger partial charge on any atom is -0.456 e. The van der Waals surface area contributed by atoms with Gasteiger partial charge in [-0.15, -0.1) is 0 Å². The van der Waals surface area contributed by atoms with Crippen LogP contribution in [-0.2, 0) is 11.2 Å². The number of benzene rings is 1. The number of hydrogen-bond donors (Lipinski definition) is 0. The molecule has 0 atom stereocenters. The van der Waals surface area contributed by atoms with Gasteiger partial charge in [0, 0.05) is 17.8 Å². The Morgan fingerprint density at radius 1 is 1.11 bits per heavy atom. The van der Waals surface area contributed by atoms with Crippen molar-refractivity contribution >= 4 is 15.9 Å². The van der Waals surface area contributed by atoms with Crippen LogP contribution in [0.4, 0.5) is 0 Å². The molecule has 0 aliphatic heterocycles. The molecule has 0 fully saturated rings. The van der Waals surface area contributed by atoms with Gasteiger partial charge in [-0.25, -0.2) is 0 Å². The van der Waals surface area contributed by atoms with Crippen LogP contribution in [0.3, 0.4) is 0 Å². The number of nitrogens with zero attached hydrogens (tertiary/aromatic N) is 1. The van der Waals surface area contributed by atoms with E-state index in [0.717, 1.165) is 23.2 Å². The highest BCUT2D eigenvalue weighted by molar-refractivity contribution is 9.10. The van der Waals surface area contributed by atoms with E-state index in [1.165, 1.54) is 5.56 Å². The van der Waals surface area contributed by atoms with Crippen molar-refractivity contribution < 1.29 is 9.47 Å². The monoisotopic (exact) mass is 307 g/mol. The van der Waals surface area contributed by atoms with Crippen molar-refractivity contribution in [2.75, 3.05) is 13.7 Å². The molecular weight excluding hydrogens is 294 g/mol. The molecule has 0 bridgehead atoms. The summed E-state index contributed by atoms with van der Waals surface area (Å²) in [6.07, 6.45) is 4.32. The predicted molar refractivity (Wildman–Crippen MR) is 74.0 cm³/mol. The van der Waals surface area contributed by atoms with E-state index >= 15 is 0 Å². The Morgan fingerprint density at radius 3 is 2.56 bits per heavy atom. The molecule has 4 heteroatoms. The van der Waals surface area contributed by atoms with E-state index in [4.69, 9.17) is 9.47 Å². The Morgan fingerprint density at radius 2 is 1.89 bits per heavy atom. The fourth-order valence-corrected chi connectivity index (χ4v) is 1.87. The molecule has 0 unspecified atom stereocenters. The van der Waals surface area contributed by atoms with Crippen LogP contribution in [0.1, 0.15) is 5.56 Å². The van der Waals surface area contributed by atoms with Crippen LogP contribution in [0.15, 0.2) is 47.2 Å². The van der Waals surface area contributed by atoms with Crippen molar-refractivity contribution in [3.63, 3.8) is 0 Å². The largest absolute Gasteiger partial charge is 0.456 e. The second-order valence-corrected chi connectivity index (χ2v) is 4.74. The van der Waals surface area contributed by atoms with E-state index in [2.05, 4.69) is 20.9 Å². The molecule has 1 aromatic heterocycles. The molecule has 0 N–H and O–H groups in total. The average Bonchev–Trinajstić information content (AvgIpc) is 2.38. The van der Waals surface area contributed by atoms with Crippen LogP contribution in [0.2, 0.25) is 0 Å². The van der Waals surface area contributed by atoms with Gasteiger partial charge in [0.2, 0.25) is 0 Å². The molecule has 0 aliphatic rings. The van der Waals surface area contributed by atoms with Gasteiger partial charge in [0.1, 0.15) is 11.5 Å². The summed E-state index contributed by atoms with van der Waals surface area (Å²) in [7, 11) is 1.71. The molecule has 94 valence electrons. The standard InChI is InChI=1S/C14H14BrNO2/c1-17-7-6-11-2-4-13(5-3-11)18-14-8-12(15)9-16-10-14/h2-5,8-10H,6-7H2,1H3.